The van der Waals surface area contributed by atoms with Gasteiger partial charge in [-0.1, -0.05) is 30.3 Å². The maximum absolute atomic E-state index is 11.1. The largest absolute Gasteiger partial charge is 0.478 e. The van der Waals surface area contributed by atoms with Crippen LogP contribution < -0.4 is 0 Å². The second kappa shape index (κ2) is 4.97. The summed E-state index contributed by atoms with van der Waals surface area (Å²) in [4.78, 5) is 15.7. The molecule has 0 spiro atoms. The molecule has 0 bridgehead atoms. The molecule has 0 saturated heterocycles. The maximum atomic E-state index is 11.1. The van der Waals surface area contributed by atoms with Gasteiger partial charge >= 0.3 is 5.97 Å². The minimum absolute atomic E-state index is 0.200. The van der Waals surface area contributed by atoms with E-state index in [0.29, 0.717) is 5.56 Å². The van der Waals surface area contributed by atoms with E-state index in [-0.39, 0.29) is 5.41 Å². The fraction of sp³-hybridized carbons (Fsp3) is 0.176. The van der Waals surface area contributed by atoms with Crippen LogP contribution in [0.15, 0.2) is 48.5 Å². The Morgan fingerprint density at radius 1 is 1.14 bits per heavy atom. The van der Waals surface area contributed by atoms with Crippen molar-refractivity contribution in [3.63, 3.8) is 0 Å². The highest BCUT2D eigenvalue weighted by Crippen LogP contribution is 2.36. The molecule has 0 amide bonds. The first-order chi connectivity index (χ1) is 9.98. The minimum Gasteiger partial charge on any atom is -0.478 e. The summed E-state index contributed by atoms with van der Waals surface area (Å²) < 4.78 is 0.911. The summed E-state index contributed by atoms with van der Waals surface area (Å²) in [7, 11) is 0. The molecule has 21 heavy (non-hydrogen) atoms. The first-order valence-electron chi connectivity index (χ1n) is 6.68. The quantitative estimate of drug-likeness (QED) is 0.783. The smallest absolute Gasteiger partial charge is 0.335 e. The van der Waals surface area contributed by atoms with Crippen LogP contribution in [0.25, 0.3) is 10.2 Å². The monoisotopic (exact) mass is 297 g/mol. The van der Waals surface area contributed by atoms with E-state index in [1.165, 1.54) is 5.56 Å². The molecule has 0 fully saturated rings. The van der Waals surface area contributed by atoms with Crippen LogP contribution in [0.4, 0.5) is 0 Å². The highest BCUT2D eigenvalue weighted by molar-refractivity contribution is 7.18. The molecule has 3 rings (SSSR count). The van der Waals surface area contributed by atoms with Gasteiger partial charge in [-0.05, 0) is 37.6 Å². The van der Waals surface area contributed by atoms with Crippen LogP contribution in [0.2, 0.25) is 0 Å². The minimum atomic E-state index is -0.908. The average molecular weight is 297 g/mol. The first-order valence-corrected chi connectivity index (χ1v) is 7.50. The number of benzene rings is 2. The number of aromatic carboxylic acids is 1. The Morgan fingerprint density at radius 2 is 1.86 bits per heavy atom. The van der Waals surface area contributed by atoms with Crippen molar-refractivity contribution < 1.29 is 9.90 Å². The van der Waals surface area contributed by atoms with Gasteiger partial charge in [-0.3, -0.25) is 0 Å². The molecule has 1 heterocycles. The van der Waals surface area contributed by atoms with Crippen molar-refractivity contribution in [1.82, 2.24) is 4.98 Å². The molecule has 1 aromatic heterocycles. The molecule has 0 aliphatic rings. The zero-order chi connectivity index (χ0) is 15.0. The SMILES string of the molecule is CC(C)(c1ccccc1)c1nc2ccc(C(=O)O)cc2s1. The van der Waals surface area contributed by atoms with Gasteiger partial charge < -0.3 is 5.11 Å². The lowest BCUT2D eigenvalue weighted by molar-refractivity contribution is 0.0697. The van der Waals surface area contributed by atoms with E-state index >= 15 is 0 Å². The standard InChI is InChI=1S/C17H15NO2S/c1-17(2,12-6-4-3-5-7-12)16-18-13-9-8-11(15(19)20)10-14(13)21-16/h3-10H,1-2H3,(H,19,20). The summed E-state index contributed by atoms with van der Waals surface area (Å²) in [6.07, 6.45) is 0. The van der Waals surface area contributed by atoms with Crippen LogP contribution in [0, 0.1) is 0 Å². The second-order valence-electron chi connectivity index (χ2n) is 5.50. The van der Waals surface area contributed by atoms with Crippen molar-refractivity contribution in [2.24, 2.45) is 0 Å². The lowest BCUT2D eigenvalue weighted by Crippen LogP contribution is -2.18. The number of aromatic nitrogens is 1. The predicted molar refractivity (Wildman–Crippen MR) is 85.1 cm³/mol. The molecule has 3 aromatic rings. The summed E-state index contributed by atoms with van der Waals surface area (Å²) in [5.74, 6) is -0.908. The first kappa shape index (κ1) is 13.8. The lowest BCUT2D eigenvalue weighted by atomic mass is 9.85. The van der Waals surface area contributed by atoms with Gasteiger partial charge in [0.05, 0.1) is 15.8 Å². The number of carboxylic acids is 1. The van der Waals surface area contributed by atoms with Crippen LogP contribution in [0.5, 0.6) is 0 Å². The molecular weight excluding hydrogens is 282 g/mol. The highest BCUT2D eigenvalue weighted by Gasteiger charge is 2.27. The van der Waals surface area contributed by atoms with Gasteiger partial charge in [0.2, 0.25) is 0 Å². The fourth-order valence-corrected chi connectivity index (χ4v) is 3.43. The molecule has 4 heteroatoms. The van der Waals surface area contributed by atoms with E-state index in [2.05, 4.69) is 31.0 Å². The number of fused-ring (bicyclic) bond motifs is 1. The topological polar surface area (TPSA) is 50.2 Å². The molecule has 0 unspecified atom stereocenters. The van der Waals surface area contributed by atoms with Crippen LogP contribution >= 0.6 is 11.3 Å². The molecule has 1 N–H and O–H groups in total. The summed E-state index contributed by atoms with van der Waals surface area (Å²) in [5, 5.41) is 10.1. The number of hydrogen-bond acceptors (Lipinski definition) is 3. The molecule has 0 atom stereocenters. The number of rotatable bonds is 3. The summed E-state index contributed by atoms with van der Waals surface area (Å²) in [6, 6.07) is 15.3. The van der Waals surface area contributed by atoms with Crippen molar-refractivity contribution >= 4 is 27.5 Å². The molecule has 3 nitrogen and oxygen atoms in total. The fourth-order valence-electron chi connectivity index (χ4n) is 2.30. The van der Waals surface area contributed by atoms with Crippen molar-refractivity contribution in [1.29, 1.82) is 0 Å². The molecule has 2 aromatic carbocycles. The molecule has 0 radical (unpaired) electrons. The van der Waals surface area contributed by atoms with Crippen LogP contribution in [0.1, 0.15) is 34.8 Å². The van der Waals surface area contributed by atoms with E-state index in [0.717, 1.165) is 15.2 Å². The zero-order valence-electron chi connectivity index (χ0n) is 11.8. The molecule has 0 saturated carbocycles. The van der Waals surface area contributed by atoms with E-state index in [1.54, 1.807) is 29.5 Å². The Balaban J connectivity index is 2.10. The van der Waals surface area contributed by atoms with E-state index < -0.39 is 5.97 Å². The van der Waals surface area contributed by atoms with Gasteiger partial charge in [0.25, 0.3) is 0 Å². The Hall–Kier alpha value is -2.20. The molecule has 0 aliphatic carbocycles. The third-order valence-corrected chi connectivity index (χ3v) is 5.01. The Labute approximate surface area is 126 Å². The summed E-state index contributed by atoms with van der Waals surface area (Å²) in [5.41, 5.74) is 2.15. The van der Waals surface area contributed by atoms with Crippen molar-refractivity contribution in [3.05, 3.63) is 64.7 Å². The van der Waals surface area contributed by atoms with Gasteiger partial charge in [0.1, 0.15) is 5.01 Å². The highest BCUT2D eigenvalue weighted by atomic mass is 32.1. The molecule has 0 aliphatic heterocycles. The Kier molecular flexibility index (Phi) is 3.26. The summed E-state index contributed by atoms with van der Waals surface area (Å²) >= 11 is 1.56. The number of nitrogens with zero attached hydrogens (tertiary/aromatic N) is 1. The van der Waals surface area contributed by atoms with Crippen molar-refractivity contribution in [2.75, 3.05) is 0 Å². The molecule has 106 valence electrons. The van der Waals surface area contributed by atoms with Crippen LogP contribution in [-0.2, 0) is 5.41 Å². The lowest BCUT2D eigenvalue weighted by Gasteiger charge is -2.22. The van der Waals surface area contributed by atoms with Crippen LogP contribution in [0.3, 0.4) is 0 Å². The molecular formula is C17H15NO2S. The average Bonchev–Trinajstić information content (AvgIpc) is 2.91. The summed E-state index contributed by atoms with van der Waals surface area (Å²) in [6.45, 7) is 4.27. The van der Waals surface area contributed by atoms with Crippen molar-refractivity contribution in [2.45, 2.75) is 19.3 Å². The zero-order valence-corrected chi connectivity index (χ0v) is 12.6. The van der Waals surface area contributed by atoms with E-state index in [1.807, 2.05) is 18.2 Å². The second-order valence-corrected chi connectivity index (χ2v) is 6.53. The van der Waals surface area contributed by atoms with E-state index in [4.69, 9.17) is 5.11 Å². The Morgan fingerprint density at radius 3 is 2.52 bits per heavy atom. The van der Waals surface area contributed by atoms with Gasteiger partial charge in [0, 0.05) is 5.41 Å². The van der Waals surface area contributed by atoms with E-state index in [9.17, 15) is 4.79 Å². The van der Waals surface area contributed by atoms with Gasteiger partial charge in [-0.15, -0.1) is 11.3 Å². The third kappa shape index (κ3) is 2.43. The number of hydrogen-bond donors (Lipinski definition) is 1. The Bertz CT molecular complexity index is 806. The number of carbonyl (C=O) groups is 1. The van der Waals surface area contributed by atoms with Crippen LogP contribution in [-0.4, -0.2) is 16.1 Å². The maximum Gasteiger partial charge on any atom is 0.335 e. The predicted octanol–water partition coefficient (Wildman–Crippen LogP) is 4.32. The normalized spacial score (nSPS) is 11.7. The number of thiazole rings is 1. The third-order valence-electron chi connectivity index (χ3n) is 3.67. The van der Waals surface area contributed by atoms with Gasteiger partial charge in [-0.2, -0.15) is 0 Å². The van der Waals surface area contributed by atoms with Crippen molar-refractivity contribution in [3.8, 4) is 0 Å². The van der Waals surface area contributed by atoms with Gasteiger partial charge in [-0.25, -0.2) is 9.78 Å². The number of carboxylic acid groups (broad SMARTS) is 1. The van der Waals surface area contributed by atoms with Gasteiger partial charge in [0.15, 0.2) is 0 Å².